The number of rotatable bonds is 7. The molecule has 2 saturated heterocycles. The lowest BCUT2D eigenvalue weighted by molar-refractivity contribution is -0.0498. The van der Waals surface area contributed by atoms with Gasteiger partial charge in [0, 0.05) is 45.0 Å². The monoisotopic (exact) mass is 496 g/mol. The Morgan fingerprint density at radius 3 is 2.18 bits per heavy atom. The number of nitrogens with one attached hydrogen (secondary N) is 1. The Labute approximate surface area is 197 Å². The molecule has 34 heavy (non-hydrogen) atoms. The van der Waals surface area contributed by atoms with Crippen LogP contribution in [-0.4, -0.2) is 86.9 Å². The number of hydrogen-bond acceptors (Lipinski definition) is 6. The maximum Gasteiger partial charge on any atom is 0.387 e. The van der Waals surface area contributed by atoms with Gasteiger partial charge in [-0.25, -0.2) is 0 Å². The van der Waals surface area contributed by atoms with E-state index < -0.39 is 16.8 Å². The van der Waals surface area contributed by atoms with E-state index in [1.165, 1.54) is 20.7 Å². The van der Waals surface area contributed by atoms with Crippen molar-refractivity contribution in [3.05, 3.63) is 54.1 Å². The van der Waals surface area contributed by atoms with E-state index in [4.69, 9.17) is 4.74 Å². The zero-order chi connectivity index (χ0) is 24.1. The molecule has 12 heteroatoms. The molecule has 184 valence electrons. The number of amides is 1. The number of carbonyl (C=O) groups is 1. The van der Waals surface area contributed by atoms with Crippen LogP contribution in [0.2, 0.25) is 0 Å². The van der Waals surface area contributed by atoms with E-state index in [1.807, 2.05) is 0 Å². The van der Waals surface area contributed by atoms with Gasteiger partial charge in [0.2, 0.25) is 0 Å². The molecule has 0 unspecified atom stereocenters. The van der Waals surface area contributed by atoms with Gasteiger partial charge in [-0.2, -0.15) is 25.8 Å². The molecule has 0 saturated carbocycles. The van der Waals surface area contributed by atoms with Gasteiger partial charge in [-0.1, -0.05) is 12.1 Å². The quantitative estimate of drug-likeness (QED) is 0.633. The first-order valence-electron chi connectivity index (χ1n) is 10.9. The summed E-state index contributed by atoms with van der Waals surface area (Å²) in [6.07, 6.45) is 0. The third kappa shape index (κ3) is 5.63. The first-order chi connectivity index (χ1) is 16.3. The summed E-state index contributed by atoms with van der Waals surface area (Å²) in [5.74, 6) is -0.181. The highest BCUT2D eigenvalue weighted by Gasteiger charge is 2.34. The summed E-state index contributed by atoms with van der Waals surface area (Å²) < 4.78 is 62.8. The molecule has 2 aliphatic heterocycles. The summed E-state index contributed by atoms with van der Waals surface area (Å²) >= 11 is 0. The van der Waals surface area contributed by atoms with Crippen molar-refractivity contribution in [1.29, 1.82) is 0 Å². The second-order valence-electron chi connectivity index (χ2n) is 7.78. The number of piperazine rings is 1. The maximum absolute atomic E-state index is 13.2. The molecule has 2 aromatic carbocycles. The van der Waals surface area contributed by atoms with Crippen molar-refractivity contribution in [2.45, 2.75) is 6.61 Å². The van der Waals surface area contributed by atoms with E-state index >= 15 is 0 Å². The molecule has 2 aliphatic rings. The number of halogens is 2. The molecule has 4 rings (SSSR count). The molecule has 1 N–H and O–H groups in total. The number of carbonyl (C=O) groups excluding carboxylic acids is 1. The molecule has 0 atom stereocenters. The molecule has 2 heterocycles. The maximum atomic E-state index is 13.2. The van der Waals surface area contributed by atoms with Gasteiger partial charge in [0.1, 0.15) is 5.75 Å². The van der Waals surface area contributed by atoms with Crippen molar-refractivity contribution < 1.29 is 31.5 Å². The minimum absolute atomic E-state index is 0.0369. The predicted molar refractivity (Wildman–Crippen MR) is 122 cm³/mol. The minimum atomic E-state index is -3.58. The number of morpholine rings is 1. The number of ether oxygens (including phenoxy) is 2. The summed E-state index contributed by atoms with van der Waals surface area (Å²) in [6.45, 7) is -0.508. The van der Waals surface area contributed by atoms with Crippen molar-refractivity contribution >= 4 is 27.5 Å². The van der Waals surface area contributed by atoms with E-state index in [0.29, 0.717) is 43.2 Å². The fraction of sp³-hybridized carbons (Fsp3) is 0.409. The van der Waals surface area contributed by atoms with Gasteiger partial charge in [0.25, 0.3) is 16.1 Å². The van der Waals surface area contributed by atoms with Gasteiger partial charge in [-0.3, -0.25) is 4.79 Å². The van der Waals surface area contributed by atoms with E-state index in [-0.39, 0.29) is 37.8 Å². The number of benzene rings is 2. The summed E-state index contributed by atoms with van der Waals surface area (Å²) in [5.41, 5.74) is 1.58. The van der Waals surface area contributed by atoms with E-state index in [1.54, 1.807) is 41.3 Å². The Bertz CT molecular complexity index is 1090. The third-order valence-corrected chi connectivity index (χ3v) is 7.70. The average Bonchev–Trinajstić information content (AvgIpc) is 2.85. The van der Waals surface area contributed by atoms with E-state index in [0.717, 1.165) is 0 Å². The molecule has 1 amide bonds. The highest BCUT2D eigenvalue weighted by molar-refractivity contribution is 7.86. The lowest BCUT2D eigenvalue weighted by Crippen LogP contribution is -2.55. The molecule has 0 spiro atoms. The molecule has 0 aromatic heterocycles. The van der Waals surface area contributed by atoms with Crippen LogP contribution >= 0.6 is 0 Å². The summed E-state index contributed by atoms with van der Waals surface area (Å²) in [7, 11) is -3.58. The average molecular weight is 497 g/mol. The van der Waals surface area contributed by atoms with Crippen LogP contribution in [0.1, 0.15) is 10.4 Å². The lowest BCUT2D eigenvalue weighted by Gasteiger charge is -2.37. The van der Waals surface area contributed by atoms with Gasteiger partial charge in [0.05, 0.1) is 24.5 Å². The van der Waals surface area contributed by atoms with Gasteiger partial charge in [0.15, 0.2) is 0 Å². The molecule has 9 nitrogen and oxygen atoms in total. The number of nitrogens with zero attached hydrogens (tertiary/aromatic N) is 3. The third-order valence-electron chi connectivity index (χ3n) is 5.66. The summed E-state index contributed by atoms with van der Waals surface area (Å²) in [6, 6.07) is 12.9. The molecule has 0 aliphatic carbocycles. The lowest BCUT2D eigenvalue weighted by atomic mass is 10.1. The van der Waals surface area contributed by atoms with Crippen molar-refractivity contribution in [3.63, 3.8) is 0 Å². The van der Waals surface area contributed by atoms with Crippen molar-refractivity contribution in [1.82, 2.24) is 13.5 Å². The Morgan fingerprint density at radius 2 is 1.53 bits per heavy atom. The molecule has 0 bridgehead atoms. The minimum Gasteiger partial charge on any atom is -0.435 e. The highest BCUT2D eigenvalue weighted by atomic mass is 32.2. The number of anilines is 2. The smallest absolute Gasteiger partial charge is 0.387 e. The normalized spacial score (nSPS) is 18.1. The van der Waals surface area contributed by atoms with Crippen molar-refractivity contribution in [3.8, 4) is 5.75 Å². The number of para-hydroxylation sites is 1. The van der Waals surface area contributed by atoms with Crippen molar-refractivity contribution in [2.24, 2.45) is 0 Å². The zero-order valence-corrected chi connectivity index (χ0v) is 19.2. The van der Waals surface area contributed by atoms with Crippen molar-refractivity contribution in [2.75, 3.05) is 57.8 Å². The van der Waals surface area contributed by atoms with Gasteiger partial charge in [-0.15, -0.1) is 0 Å². The van der Waals surface area contributed by atoms with Crippen LogP contribution < -0.4 is 10.1 Å². The van der Waals surface area contributed by atoms with Crippen LogP contribution in [0.25, 0.3) is 0 Å². The zero-order valence-electron chi connectivity index (χ0n) is 18.4. The summed E-state index contributed by atoms with van der Waals surface area (Å²) in [5, 5.41) is 3.13. The fourth-order valence-corrected chi connectivity index (χ4v) is 5.45. The van der Waals surface area contributed by atoms with Crippen LogP contribution in [0.15, 0.2) is 48.5 Å². The molecule has 2 fully saturated rings. The Balaban J connectivity index is 1.40. The Morgan fingerprint density at radius 1 is 0.912 bits per heavy atom. The Hall–Kier alpha value is -2.80. The number of alkyl halides is 2. The molecule has 0 radical (unpaired) electrons. The second-order valence-corrected chi connectivity index (χ2v) is 9.71. The second kappa shape index (κ2) is 10.6. The molecular formula is C22H26F2N4O5S. The van der Waals surface area contributed by atoms with Gasteiger partial charge in [-0.05, 0) is 36.4 Å². The highest BCUT2D eigenvalue weighted by Crippen LogP contribution is 2.25. The fourth-order valence-electron chi connectivity index (χ4n) is 3.89. The first-order valence-corrected chi connectivity index (χ1v) is 12.3. The van der Waals surface area contributed by atoms with Crippen LogP contribution in [0, 0.1) is 0 Å². The number of hydrogen-bond donors (Lipinski definition) is 1. The topological polar surface area (TPSA) is 91.4 Å². The van der Waals surface area contributed by atoms with Gasteiger partial charge < -0.3 is 19.7 Å². The largest absolute Gasteiger partial charge is 0.435 e. The van der Waals surface area contributed by atoms with Crippen LogP contribution in [0.5, 0.6) is 5.75 Å². The Kier molecular flexibility index (Phi) is 7.61. The van der Waals surface area contributed by atoms with E-state index in [2.05, 4.69) is 10.1 Å². The standard InChI is InChI=1S/C22H26F2N4O5S/c23-22(24)33-18-7-5-17(6-8-18)25-20-4-2-1-3-19(20)21(29)26-9-11-27(12-10-26)34(30,31)28-13-15-32-16-14-28/h1-8,22,25H,9-16H2. The molecular weight excluding hydrogens is 470 g/mol. The summed E-state index contributed by atoms with van der Waals surface area (Å²) in [4.78, 5) is 14.9. The molecule has 2 aromatic rings. The first kappa shape index (κ1) is 24.3. The van der Waals surface area contributed by atoms with Crippen LogP contribution in [0.4, 0.5) is 20.2 Å². The van der Waals surface area contributed by atoms with E-state index in [9.17, 15) is 22.0 Å². The van der Waals surface area contributed by atoms with Crippen LogP contribution in [-0.2, 0) is 14.9 Å². The van der Waals surface area contributed by atoms with Gasteiger partial charge >= 0.3 is 6.61 Å². The predicted octanol–water partition coefficient (Wildman–Crippen LogP) is 2.37. The SMILES string of the molecule is O=C(c1ccccc1Nc1ccc(OC(F)F)cc1)N1CCN(S(=O)(=O)N2CCOCC2)CC1. The van der Waals surface area contributed by atoms with Crippen LogP contribution in [0.3, 0.4) is 0 Å².